The quantitative estimate of drug-likeness (QED) is 0.768. The lowest BCUT2D eigenvalue weighted by Gasteiger charge is -2.18. The van der Waals surface area contributed by atoms with Gasteiger partial charge in [0.2, 0.25) is 0 Å². The van der Waals surface area contributed by atoms with E-state index in [1.54, 1.807) is 6.20 Å². The molecule has 4 rings (SSSR count). The molecule has 0 amide bonds. The van der Waals surface area contributed by atoms with Crippen LogP contribution in [-0.2, 0) is 5.41 Å². The van der Waals surface area contributed by atoms with E-state index >= 15 is 0 Å². The van der Waals surface area contributed by atoms with Gasteiger partial charge < -0.3 is 4.98 Å². The lowest BCUT2D eigenvalue weighted by molar-refractivity contribution is 0.778. The van der Waals surface area contributed by atoms with Gasteiger partial charge in [-0.25, -0.2) is 4.98 Å². The number of aromatic amines is 1. The predicted octanol–water partition coefficient (Wildman–Crippen LogP) is 3.88. The van der Waals surface area contributed by atoms with Crippen molar-refractivity contribution in [1.29, 1.82) is 0 Å². The number of nitrogens with zero attached hydrogens (tertiary/aromatic N) is 1. The first-order chi connectivity index (χ1) is 14.1. The van der Waals surface area contributed by atoms with Gasteiger partial charge in [0.25, 0.3) is 0 Å². The third kappa shape index (κ3) is 1.61. The minimum absolute atomic E-state index is 0.0894. The molecule has 2 aromatic carbocycles. The maximum absolute atomic E-state index is 8.43. The van der Waals surface area contributed by atoms with Crippen molar-refractivity contribution < 1.29 is 13.7 Å². The van der Waals surface area contributed by atoms with Crippen LogP contribution in [0.4, 0.5) is 0 Å². The monoisotopic (exact) mass is 270 g/mol. The fraction of sp³-hybridized carbons (Fsp3) is 0.167. The molecule has 0 radical (unpaired) electrons. The molecule has 0 bridgehead atoms. The van der Waals surface area contributed by atoms with Crippen LogP contribution in [0.15, 0.2) is 72.8 Å². The topological polar surface area (TPSA) is 28.7 Å². The van der Waals surface area contributed by atoms with E-state index in [0.29, 0.717) is 5.82 Å². The van der Waals surface area contributed by atoms with Crippen molar-refractivity contribution in [2.45, 2.75) is 17.8 Å². The van der Waals surface area contributed by atoms with Gasteiger partial charge in [0.1, 0.15) is 5.82 Å². The fourth-order valence-electron chi connectivity index (χ4n) is 2.68. The van der Waals surface area contributed by atoms with Gasteiger partial charge in [-0.1, -0.05) is 60.4 Å². The van der Waals surface area contributed by atoms with E-state index < -0.39 is 71.8 Å². The van der Waals surface area contributed by atoms with Crippen LogP contribution in [0.1, 0.15) is 43.0 Å². The molecular formula is C18H16N2. The zero-order chi connectivity index (χ0) is 22.1. The molecule has 0 spiro atoms. The summed E-state index contributed by atoms with van der Waals surface area (Å²) in [6.07, 6.45) is 3.26. The summed E-state index contributed by atoms with van der Waals surface area (Å²) in [5, 5.41) is 0. The molecule has 3 aromatic rings. The van der Waals surface area contributed by atoms with E-state index in [-0.39, 0.29) is 17.5 Å². The second-order valence-corrected chi connectivity index (χ2v) is 4.70. The average molecular weight is 270 g/mol. The Kier molecular flexibility index (Phi) is 1.13. The van der Waals surface area contributed by atoms with E-state index in [4.69, 9.17) is 13.7 Å². The Hall–Kier alpha value is -2.35. The highest BCUT2D eigenvalue weighted by Gasteiger charge is 2.58. The summed E-state index contributed by atoms with van der Waals surface area (Å²) in [6, 6.07) is -5.09. The van der Waals surface area contributed by atoms with Crippen LogP contribution < -0.4 is 0 Å². The van der Waals surface area contributed by atoms with Gasteiger partial charge in [-0.3, -0.25) is 0 Å². The van der Waals surface area contributed by atoms with Crippen LogP contribution in [0.3, 0.4) is 0 Å². The lowest BCUT2D eigenvalue weighted by atomic mass is 9.85. The van der Waals surface area contributed by atoms with Gasteiger partial charge >= 0.3 is 0 Å². The molecule has 1 fully saturated rings. The number of aromatic nitrogens is 2. The average Bonchev–Trinajstić information content (AvgIpc) is 3.19. The molecule has 0 aliphatic heterocycles. The number of hydrogen-bond acceptors (Lipinski definition) is 1. The summed E-state index contributed by atoms with van der Waals surface area (Å²) in [4.78, 5) is 7.14. The molecule has 1 heterocycles. The van der Waals surface area contributed by atoms with Crippen LogP contribution in [-0.4, -0.2) is 9.97 Å². The summed E-state index contributed by atoms with van der Waals surface area (Å²) < 4.78 is 81.6. The molecule has 1 aliphatic carbocycles. The van der Waals surface area contributed by atoms with Crippen molar-refractivity contribution in [1.82, 2.24) is 9.97 Å². The molecule has 1 aromatic heterocycles. The minimum atomic E-state index is -1.40. The first-order valence-electron chi connectivity index (χ1n) is 11.2. The Labute approximate surface area is 132 Å². The summed E-state index contributed by atoms with van der Waals surface area (Å²) in [5.74, 6) is -0.0895. The molecule has 2 nitrogen and oxygen atoms in total. The van der Waals surface area contributed by atoms with Crippen LogP contribution >= 0.6 is 0 Å². The highest BCUT2D eigenvalue weighted by atomic mass is 14.9. The lowest BCUT2D eigenvalue weighted by Crippen LogP contribution is -2.12. The smallest absolute Gasteiger partial charge is 0.110 e. The molecule has 1 aliphatic rings. The van der Waals surface area contributed by atoms with Gasteiger partial charge in [-0.2, -0.15) is 0 Å². The van der Waals surface area contributed by atoms with E-state index in [1.165, 1.54) is 6.20 Å². The Morgan fingerprint density at radius 1 is 1.00 bits per heavy atom. The number of benzene rings is 2. The Balaban J connectivity index is 2.13. The van der Waals surface area contributed by atoms with Crippen molar-refractivity contribution in [3.63, 3.8) is 0 Å². The standard InChI is InChI=1S/C18H16N2/c1-3-7-14(8-4-1)18(15-9-5-2-6-10-15)13-16(18)17-19-11-12-20-17/h1-12,16H,13H2,(H,19,20)/i1D,2D,3D,4D,5D,6D,7D,8D,9D,10D. The van der Waals surface area contributed by atoms with Gasteiger partial charge in [0, 0.05) is 23.7 Å². The van der Waals surface area contributed by atoms with E-state index in [2.05, 4.69) is 9.97 Å². The second-order valence-electron chi connectivity index (χ2n) is 4.70. The highest BCUT2D eigenvalue weighted by Crippen LogP contribution is 2.63. The SMILES string of the molecule is [2H]c1c([2H])c([2H])c(C2(c3c([2H])c([2H])c([2H])c([2H])c3[2H])CC2c2ncc[nH]2)c([2H])c1[2H]. The van der Waals surface area contributed by atoms with E-state index in [1.807, 2.05) is 0 Å². The van der Waals surface area contributed by atoms with E-state index in [0.717, 1.165) is 0 Å². The highest BCUT2D eigenvalue weighted by molar-refractivity contribution is 5.51. The molecule has 1 unspecified atom stereocenters. The van der Waals surface area contributed by atoms with Crippen molar-refractivity contribution >= 4 is 0 Å². The first-order valence-corrected chi connectivity index (χ1v) is 6.19. The van der Waals surface area contributed by atoms with Crippen molar-refractivity contribution in [3.05, 3.63) is 89.8 Å². The molecule has 1 atom stereocenters. The Morgan fingerprint density at radius 3 is 2.10 bits per heavy atom. The number of nitrogens with one attached hydrogen (secondary N) is 1. The zero-order valence-corrected chi connectivity index (χ0v) is 10.4. The van der Waals surface area contributed by atoms with E-state index in [9.17, 15) is 0 Å². The molecule has 1 saturated carbocycles. The van der Waals surface area contributed by atoms with Gasteiger partial charge in [0.05, 0.1) is 13.7 Å². The summed E-state index contributed by atoms with van der Waals surface area (Å²) in [6.45, 7) is 0. The number of hydrogen-bond donors (Lipinski definition) is 1. The summed E-state index contributed by atoms with van der Waals surface area (Å²) >= 11 is 0. The number of rotatable bonds is 3. The zero-order valence-electron chi connectivity index (χ0n) is 20.4. The maximum atomic E-state index is 8.43. The van der Waals surface area contributed by atoms with Crippen LogP contribution in [0.25, 0.3) is 0 Å². The molecule has 20 heavy (non-hydrogen) atoms. The molecule has 0 saturated heterocycles. The first kappa shape index (κ1) is 5.21. The van der Waals surface area contributed by atoms with Crippen molar-refractivity contribution in [3.8, 4) is 0 Å². The molecule has 1 N–H and O–H groups in total. The normalized spacial score (nSPS) is 26.7. The predicted molar refractivity (Wildman–Crippen MR) is 79.6 cm³/mol. The van der Waals surface area contributed by atoms with Crippen LogP contribution in [0.2, 0.25) is 0 Å². The molecule has 2 heteroatoms. The van der Waals surface area contributed by atoms with Crippen LogP contribution in [0.5, 0.6) is 0 Å². The number of imidazole rings is 1. The van der Waals surface area contributed by atoms with Crippen molar-refractivity contribution in [2.75, 3.05) is 0 Å². The molecule has 98 valence electrons. The van der Waals surface area contributed by atoms with Gasteiger partial charge in [-0.15, -0.1) is 0 Å². The second kappa shape index (κ2) is 4.34. The summed E-state index contributed by atoms with van der Waals surface area (Å²) in [5.41, 5.74) is -1.58. The minimum Gasteiger partial charge on any atom is -0.348 e. The maximum Gasteiger partial charge on any atom is 0.110 e. The summed E-state index contributed by atoms with van der Waals surface area (Å²) in [7, 11) is 0. The van der Waals surface area contributed by atoms with Crippen molar-refractivity contribution in [2.24, 2.45) is 0 Å². The third-order valence-corrected chi connectivity index (χ3v) is 3.70. The number of H-pyrrole nitrogens is 1. The Morgan fingerprint density at radius 2 is 1.60 bits per heavy atom. The Bertz CT molecular complexity index is 1060. The third-order valence-electron chi connectivity index (χ3n) is 3.70. The fourth-order valence-corrected chi connectivity index (χ4v) is 2.68. The molecular weight excluding hydrogens is 244 g/mol. The largest absolute Gasteiger partial charge is 0.348 e. The van der Waals surface area contributed by atoms with Crippen LogP contribution in [0, 0.1) is 0 Å². The van der Waals surface area contributed by atoms with Gasteiger partial charge in [0.15, 0.2) is 0 Å². The van der Waals surface area contributed by atoms with Gasteiger partial charge in [-0.05, 0) is 17.5 Å².